The van der Waals surface area contributed by atoms with Crippen molar-refractivity contribution >= 4 is 11.7 Å². The average Bonchev–Trinajstić information content (AvgIpc) is 2.39. The van der Waals surface area contributed by atoms with Crippen LogP contribution in [0.3, 0.4) is 0 Å². The Hall–Kier alpha value is -2.03. The molecule has 2 amide bonds. The van der Waals surface area contributed by atoms with Crippen LogP contribution in [0.1, 0.15) is 25.8 Å². The Bertz CT molecular complexity index is 570. The number of anilines is 1. The van der Waals surface area contributed by atoms with E-state index in [0.717, 1.165) is 0 Å². The molecule has 0 saturated carbocycles. The van der Waals surface area contributed by atoms with Gasteiger partial charge in [-0.15, -0.1) is 0 Å². The minimum atomic E-state index is -4.63. The summed E-state index contributed by atoms with van der Waals surface area (Å²) in [6, 6.07) is -0.610. The molecular weight excluding hydrogens is 303 g/mol. The molecule has 124 valence electrons. The fourth-order valence-corrected chi connectivity index (χ4v) is 1.78. The number of pyridine rings is 1. The first-order chi connectivity index (χ1) is 10.1. The second-order valence-electron chi connectivity index (χ2n) is 5.09. The van der Waals surface area contributed by atoms with Crippen LogP contribution in [0, 0.1) is 5.92 Å². The lowest BCUT2D eigenvalue weighted by atomic mass is 10.0. The van der Waals surface area contributed by atoms with Gasteiger partial charge in [0.2, 0.25) is 0 Å². The molecule has 6 nitrogen and oxygen atoms in total. The number of aromatic nitrogens is 1. The second kappa shape index (κ2) is 7.30. The summed E-state index contributed by atoms with van der Waals surface area (Å²) in [6.45, 7) is 3.49. The molecule has 0 saturated heterocycles. The summed E-state index contributed by atoms with van der Waals surface area (Å²) < 4.78 is 37.7. The van der Waals surface area contributed by atoms with Gasteiger partial charge in [0.1, 0.15) is 5.69 Å². The van der Waals surface area contributed by atoms with Crippen LogP contribution >= 0.6 is 0 Å². The fraction of sp³-hybridized carbons (Fsp3) is 0.538. The molecule has 0 fully saturated rings. The maximum atomic E-state index is 12.6. The molecule has 0 bridgehead atoms. The van der Waals surface area contributed by atoms with Crippen LogP contribution < -0.4 is 16.2 Å². The quantitative estimate of drug-likeness (QED) is 0.667. The number of hydrogen-bond donors (Lipinski definition) is 4. The van der Waals surface area contributed by atoms with Gasteiger partial charge in [-0.25, -0.2) is 4.79 Å². The molecule has 0 aliphatic rings. The molecule has 22 heavy (non-hydrogen) atoms. The highest BCUT2D eigenvalue weighted by atomic mass is 19.4. The molecule has 1 aromatic rings. The first-order valence-electron chi connectivity index (χ1n) is 6.63. The number of alkyl halides is 3. The molecule has 1 unspecified atom stereocenters. The lowest BCUT2D eigenvalue weighted by Gasteiger charge is -2.21. The largest absolute Gasteiger partial charge is 0.417 e. The van der Waals surface area contributed by atoms with Crippen molar-refractivity contribution in [1.82, 2.24) is 10.3 Å². The SMILES string of the molecule is CC(C)C(CCO)NC(=O)Nc1cc(C(F)(F)F)c[nH]c1=O. The van der Waals surface area contributed by atoms with E-state index in [0.29, 0.717) is 18.7 Å². The van der Waals surface area contributed by atoms with Crippen LogP contribution in [0.15, 0.2) is 17.1 Å². The first-order valence-corrected chi connectivity index (χ1v) is 6.63. The number of hydrogen-bond acceptors (Lipinski definition) is 3. The van der Waals surface area contributed by atoms with Crippen molar-refractivity contribution in [2.24, 2.45) is 5.92 Å². The summed E-state index contributed by atoms with van der Waals surface area (Å²) in [5.74, 6) is 0.0118. The van der Waals surface area contributed by atoms with Gasteiger partial charge in [0, 0.05) is 18.8 Å². The van der Waals surface area contributed by atoms with Gasteiger partial charge in [0.15, 0.2) is 0 Å². The van der Waals surface area contributed by atoms with Gasteiger partial charge in [-0.05, 0) is 18.4 Å². The van der Waals surface area contributed by atoms with Gasteiger partial charge < -0.3 is 20.7 Å². The number of halogens is 3. The maximum Gasteiger partial charge on any atom is 0.417 e. The lowest BCUT2D eigenvalue weighted by Crippen LogP contribution is -2.42. The highest BCUT2D eigenvalue weighted by Gasteiger charge is 2.31. The number of nitrogens with one attached hydrogen (secondary N) is 3. The predicted molar refractivity (Wildman–Crippen MR) is 74.5 cm³/mol. The van der Waals surface area contributed by atoms with Crippen LogP contribution in [0.2, 0.25) is 0 Å². The zero-order valence-corrected chi connectivity index (χ0v) is 12.1. The van der Waals surface area contributed by atoms with Crippen molar-refractivity contribution in [3.8, 4) is 0 Å². The van der Waals surface area contributed by atoms with E-state index in [2.05, 4.69) is 10.6 Å². The zero-order chi connectivity index (χ0) is 16.9. The Kier molecular flexibility index (Phi) is 5.98. The molecule has 4 N–H and O–H groups in total. The number of H-pyrrole nitrogens is 1. The molecule has 0 aromatic carbocycles. The Morgan fingerprint density at radius 1 is 1.41 bits per heavy atom. The lowest BCUT2D eigenvalue weighted by molar-refractivity contribution is -0.137. The number of aliphatic hydroxyl groups excluding tert-OH is 1. The minimum absolute atomic E-state index is 0.0118. The van der Waals surface area contributed by atoms with Crippen molar-refractivity contribution in [1.29, 1.82) is 0 Å². The van der Waals surface area contributed by atoms with Gasteiger partial charge in [-0.3, -0.25) is 4.79 Å². The molecule has 1 rings (SSSR count). The molecule has 0 aliphatic heterocycles. The van der Waals surface area contributed by atoms with E-state index >= 15 is 0 Å². The van der Waals surface area contributed by atoms with Crippen molar-refractivity contribution in [2.75, 3.05) is 11.9 Å². The smallest absolute Gasteiger partial charge is 0.396 e. The highest BCUT2D eigenvalue weighted by molar-refractivity contribution is 5.89. The molecule has 1 aromatic heterocycles. The van der Waals surface area contributed by atoms with Crippen molar-refractivity contribution < 1.29 is 23.1 Å². The molecule has 1 atom stereocenters. The number of rotatable bonds is 5. The number of aromatic amines is 1. The molecule has 9 heteroatoms. The Morgan fingerprint density at radius 2 is 2.05 bits per heavy atom. The summed E-state index contributed by atoms with van der Waals surface area (Å²) in [5, 5.41) is 13.5. The fourth-order valence-electron chi connectivity index (χ4n) is 1.78. The summed E-state index contributed by atoms with van der Waals surface area (Å²) in [5.41, 5.74) is -2.41. The van der Waals surface area contributed by atoms with Crippen LogP contribution in [0.4, 0.5) is 23.7 Å². The van der Waals surface area contributed by atoms with Gasteiger partial charge in [0.25, 0.3) is 5.56 Å². The predicted octanol–water partition coefficient (Wildman–Crippen LogP) is 1.92. The number of amides is 2. The molecular formula is C13H18F3N3O3. The monoisotopic (exact) mass is 321 g/mol. The molecule has 0 radical (unpaired) electrons. The van der Waals surface area contributed by atoms with E-state index in [1.54, 1.807) is 0 Å². The summed E-state index contributed by atoms with van der Waals surface area (Å²) in [4.78, 5) is 25.2. The van der Waals surface area contributed by atoms with E-state index in [1.165, 1.54) is 0 Å². The highest BCUT2D eigenvalue weighted by Crippen LogP contribution is 2.29. The summed E-state index contributed by atoms with van der Waals surface area (Å²) in [7, 11) is 0. The van der Waals surface area contributed by atoms with Crippen LogP contribution in [0.5, 0.6) is 0 Å². The van der Waals surface area contributed by atoms with Gasteiger partial charge in [-0.2, -0.15) is 13.2 Å². The summed E-state index contributed by atoms with van der Waals surface area (Å²) >= 11 is 0. The second-order valence-corrected chi connectivity index (χ2v) is 5.09. The number of urea groups is 1. The summed E-state index contributed by atoms with van der Waals surface area (Å²) in [6.07, 6.45) is -3.80. The van der Waals surface area contributed by atoms with E-state index in [9.17, 15) is 22.8 Å². The third kappa shape index (κ3) is 5.06. The normalized spacial score (nSPS) is 13.0. The Balaban J connectivity index is 2.86. The maximum absolute atomic E-state index is 12.6. The van der Waals surface area contributed by atoms with Gasteiger partial charge in [0.05, 0.1) is 5.56 Å². The third-order valence-electron chi connectivity index (χ3n) is 3.04. The third-order valence-corrected chi connectivity index (χ3v) is 3.04. The average molecular weight is 321 g/mol. The number of carbonyl (C=O) groups excluding carboxylic acids is 1. The van der Waals surface area contributed by atoms with Crippen LogP contribution in [-0.2, 0) is 6.18 Å². The van der Waals surface area contributed by atoms with E-state index in [4.69, 9.17) is 5.11 Å². The Morgan fingerprint density at radius 3 is 2.55 bits per heavy atom. The zero-order valence-electron chi connectivity index (χ0n) is 12.1. The van der Waals surface area contributed by atoms with E-state index in [-0.39, 0.29) is 18.6 Å². The minimum Gasteiger partial charge on any atom is -0.396 e. The van der Waals surface area contributed by atoms with Gasteiger partial charge >= 0.3 is 12.2 Å². The molecule has 1 heterocycles. The van der Waals surface area contributed by atoms with Crippen molar-refractivity contribution in [3.05, 3.63) is 28.2 Å². The van der Waals surface area contributed by atoms with Crippen LogP contribution in [-0.4, -0.2) is 28.8 Å². The van der Waals surface area contributed by atoms with E-state index in [1.807, 2.05) is 18.8 Å². The molecule has 0 aliphatic carbocycles. The Labute approximate surface area is 124 Å². The van der Waals surface area contributed by atoms with Crippen molar-refractivity contribution in [3.63, 3.8) is 0 Å². The van der Waals surface area contributed by atoms with Gasteiger partial charge in [-0.1, -0.05) is 13.8 Å². The number of carbonyl (C=O) groups is 1. The van der Waals surface area contributed by atoms with E-state index < -0.39 is 29.0 Å². The topological polar surface area (TPSA) is 94.2 Å². The number of aliphatic hydroxyl groups is 1. The van der Waals surface area contributed by atoms with Crippen molar-refractivity contribution in [2.45, 2.75) is 32.5 Å². The molecule has 0 spiro atoms. The standard InChI is InChI=1S/C13H18F3N3O3/c1-7(2)9(3-4-20)18-12(22)19-10-5-8(13(14,15)16)6-17-11(10)21/h5-7,9,20H,3-4H2,1-2H3,(H,17,21)(H2,18,19,22). The van der Waals surface area contributed by atoms with Crippen LogP contribution in [0.25, 0.3) is 0 Å². The first kappa shape index (κ1) is 18.0.